The number of rotatable bonds is 10. The van der Waals surface area contributed by atoms with Crippen LogP contribution in [0.1, 0.15) is 46.8 Å². The molecule has 12 heteroatoms. The molecule has 3 aromatic rings. The van der Waals surface area contributed by atoms with Crippen molar-refractivity contribution in [3.8, 4) is 11.1 Å². The van der Waals surface area contributed by atoms with Gasteiger partial charge in [0.05, 0.1) is 30.7 Å². The number of nitrogens with one attached hydrogen (secondary N) is 2. The number of aromatic nitrogens is 1. The highest BCUT2D eigenvalue weighted by Gasteiger charge is 2.30. The molecule has 2 aromatic carbocycles. The predicted octanol–water partition coefficient (Wildman–Crippen LogP) is 6.56. The van der Waals surface area contributed by atoms with Gasteiger partial charge in [-0.2, -0.15) is 26.3 Å². The molecular weight excluding hydrogens is 528 g/mol. The Morgan fingerprint density at radius 1 is 0.897 bits per heavy atom. The normalized spacial score (nSPS) is 12.5. The van der Waals surface area contributed by atoms with E-state index in [1.165, 1.54) is 37.6 Å². The monoisotopic (exact) mass is 553 g/mol. The molecule has 39 heavy (non-hydrogen) atoms. The zero-order valence-corrected chi connectivity index (χ0v) is 20.7. The Kier molecular flexibility index (Phi) is 9.55. The van der Waals surface area contributed by atoms with Crippen molar-refractivity contribution < 1.29 is 40.7 Å². The van der Waals surface area contributed by atoms with Gasteiger partial charge in [0.15, 0.2) is 0 Å². The third-order valence-electron chi connectivity index (χ3n) is 5.77. The number of hydrogen-bond donors (Lipinski definition) is 2. The number of nitrogens with zero attached hydrogens (tertiary/aromatic N) is 1. The highest BCUT2D eigenvalue weighted by atomic mass is 19.4. The molecule has 0 saturated carbocycles. The van der Waals surface area contributed by atoms with Gasteiger partial charge in [0.1, 0.15) is 5.82 Å². The van der Waals surface area contributed by atoms with Gasteiger partial charge in [-0.05, 0) is 47.4 Å². The summed E-state index contributed by atoms with van der Waals surface area (Å²) in [4.78, 5) is 27.5. The molecule has 1 heterocycles. The largest absolute Gasteiger partial charge is 0.469 e. The van der Waals surface area contributed by atoms with Crippen LogP contribution in [-0.4, -0.2) is 36.7 Å². The average Bonchev–Trinajstić information content (AvgIpc) is 2.90. The molecule has 208 valence electrons. The van der Waals surface area contributed by atoms with E-state index in [4.69, 9.17) is 0 Å². The van der Waals surface area contributed by atoms with Crippen LogP contribution in [0.3, 0.4) is 0 Å². The van der Waals surface area contributed by atoms with Gasteiger partial charge in [-0.15, -0.1) is 0 Å². The summed E-state index contributed by atoms with van der Waals surface area (Å²) in [6.07, 6.45) is -8.97. The molecule has 0 aliphatic rings. The van der Waals surface area contributed by atoms with Gasteiger partial charge >= 0.3 is 18.3 Å². The van der Waals surface area contributed by atoms with Crippen LogP contribution in [0, 0.1) is 0 Å². The van der Waals surface area contributed by atoms with E-state index in [-0.39, 0.29) is 30.8 Å². The minimum absolute atomic E-state index is 0.00610. The Hall–Kier alpha value is -4.09. The van der Waals surface area contributed by atoms with Crippen LogP contribution in [-0.2, 0) is 15.7 Å². The SMILES string of the molecule is COC(=O)CCNC(=O)c1ccc(NC(CCC(F)(F)F)c2ccc(-c3ccc(C(F)(F)F)cc3)cc2)nc1. The lowest BCUT2D eigenvalue weighted by Crippen LogP contribution is -2.26. The van der Waals surface area contributed by atoms with Crippen molar-refractivity contribution in [2.45, 2.75) is 37.7 Å². The summed E-state index contributed by atoms with van der Waals surface area (Å²) in [6.45, 7) is 0.0630. The third-order valence-corrected chi connectivity index (χ3v) is 5.77. The first-order valence-corrected chi connectivity index (χ1v) is 11.8. The van der Waals surface area contributed by atoms with Gasteiger partial charge in [-0.3, -0.25) is 9.59 Å². The summed E-state index contributed by atoms with van der Waals surface area (Å²) in [6, 6.07) is 13.1. The molecule has 0 aliphatic carbocycles. The minimum Gasteiger partial charge on any atom is -0.469 e. The highest BCUT2D eigenvalue weighted by Crippen LogP contribution is 2.33. The molecule has 1 aromatic heterocycles. The zero-order valence-electron chi connectivity index (χ0n) is 20.7. The predicted molar refractivity (Wildman–Crippen MR) is 132 cm³/mol. The lowest BCUT2D eigenvalue weighted by molar-refractivity contribution is -0.140. The first-order chi connectivity index (χ1) is 18.4. The van der Waals surface area contributed by atoms with Crippen molar-refractivity contribution in [1.82, 2.24) is 10.3 Å². The number of hydrogen-bond acceptors (Lipinski definition) is 5. The molecule has 6 nitrogen and oxygen atoms in total. The quantitative estimate of drug-likeness (QED) is 0.220. The number of carbonyl (C=O) groups excluding carboxylic acids is 2. The van der Waals surface area contributed by atoms with Crippen molar-refractivity contribution in [1.29, 1.82) is 0 Å². The molecule has 1 amide bonds. The molecule has 0 aliphatic heterocycles. The van der Waals surface area contributed by atoms with Crippen LogP contribution in [0.25, 0.3) is 11.1 Å². The van der Waals surface area contributed by atoms with E-state index in [2.05, 4.69) is 20.4 Å². The second kappa shape index (κ2) is 12.6. The van der Waals surface area contributed by atoms with Gasteiger partial charge in [0, 0.05) is 19.2 Å². The van der Waals surface area contributed by atoms with E-state index in [0.717, 1.165) is 12.1 Å². The van der Waals surface area contributed by atoms with Gasteiger partial charge in [0.2, 0.25) is 0 Å². The third kappa shape index (κ3) is 9.01. The molecule has 3 rings (SSSR count). The first-order valence-electron chi connectivity index (χ1n) is 11.8. The zero-order chi connectivity index (χ0) is 28.6. The van der Waals surface area contributed by atoms with E-state index in [1.54, 1.807) is 24.3 Å². The number of alkyl halides is 6. The number of amides is 1. The van der Waals surface area contributed by atoms with E-state index in [9.17, 15) is 35.9 Å². The summed E-state index contributed by atoms with van der Waals surface area (Å²) >= 11 is 0. The Bertz CT molecular complexity index is 1240. The molecule has 0 fully saturated rings. The van der Waals surface area contributed by atoms with E-state index < -0.39 is 42.3 Å². The molecule has 0 spiro atoms. The Labute approximate surface area is 220 Å². The summed E-state index contributed by atoms with van der Waals surface area (Å²) < 4.78 is 81.9. The van der Waals surface area contributed by atoms with Gasteiger partial charge in [0.25, 0.3) is 5.91 Å². The number of carbonyl (C=O) groups is 2. The summed E-state index contributed by atoms with van der Waals surface area (Å²) in [7, 11) is 1.23. The standard InChI is InChI=1S/C27H25F6N3O3/c1-39-24(37)13-15-34-25(38)20-8-11-23(35-16-20)36-22(12-14-26(28,29)30)19-4-2-17(3-5-19)18-6-9-21(10-7-18)27(31,32)33/h2-11,16,22H,12-15H2,1H3,(H,34,38)(H,35,36). The Morgan fingerprint density at radius 2 is 1.51 bits per heavy atom. The van der Waals surface area contributed by atoms with E-state index in [0.29, 0.717) is 16.7 Å². The number of methoxy groups -OCH3 is 1. The minimum atomic E-state index is -4.46. The molecule has 0 bridgehead atoms. The maximum absolute atomic E-state index is 13.0. The fourth-order valence-corrected chi connectivity index (χ4v) is 3.66. The van der Waals surface area contributed by atoms with Crippen molar-refractivity contribution >= 4 is 17.7 Å². The Balaban J connectivity index is 1.72. The average molecular weight is 554 g/mol. The number of halogens is 6. The van der Waals surface area contributed by atoms with Gasteiger partial charge < -0.3 is 15.4 Å². The number of benzene rings is 2. The molecule has 0 saturated heterocycles. The number of pyridine rings is 1. The van der Waals surface area contributed by atoms with E-state index >= 15 is 0 Å². The molecular formula is C27H25F6N3O3. The summed E-state index contributed by atoms with van der Waals surface area (Å²) in [5.41, 5.74) is 1.05. The first kappa shape index (κ1) is 29.5. The second-order valence-corrected chi connectivity index (χ2v) is 8.56. The van der Waals surface area contributed by atoms with E-state index in [1.807, 2.05) is 0 Å². The number of esters is 1. The number of anilines is 1. The summed E-state index contributed by atoms with van der Waals surface area (Å²) in [5.74, 6) is -0.726. The van der Waals surface area contributed by atoms with Crippen LogP contribution in [0.2, 0.25) is 0 Å². The molecule has 1 unspecified atom stereocenters. The van der Waals surface area contributed by atoms with Crippen molar-refractivity contribution in [3.05, 3.63) is 83.6 Å². The number of ether oxygens (including phenoxy) is 1. The lowest BCUT2D eigenvalue weighted by Gasteiger charge is -2.21. The van der Waals surface area contributed by atoms with Crippen LogP contribution < -0.4 is 10.6 Å². The van der Waals surface area contributed by atoms with Crippen molar-refractivity contribution in [2.24, 2.45) is 0 Å². The second-order valence-electron chi connectivity index (χ2n) is 8.56. The summed E-state index contributed by atoms with van der Waals surface area (Å²) in [5, 5.41) is 5.49. The fraction of sp³-hybridized carbons (Fsp3) is 0.296. The Morgan fingerprint density at radius 3 is 2.03 bits per heavy atom. The topological polar surface area (TPSA) is 80.3 Å². The van der Waals surface area contributed by atoms with Gasteiger partial charge in [-0.1, -0.05) is 36.4 Å². The lowest BCUT2D eigenvalue weighted by atomic mass is 9.97. The van der Waals surface area contributed by atoms with Crippen LogP contribution in [0.15, 0.2) is 66.9 Å². The highest BCUT2D eigenvalue weighted by molar-refractivity contribution is 5.94. The smallest absolute Gasteiger partial charge is 0.416 e. The van der Waals surface area contributed by atoms with Crippen LogP contribution >= 0.6 is 0 Å². The molecule has 1 atom stereocenters. The molecule has 0 radical (unpaired) electrons. The van der Waals surface area contributed by atoms with Crippen molar-refractivity contribution in [3.63, 3.8) is 0 Å². The van der Waals surface area contributed by atoms with Crippen LogP contribution in [0.4, 0.5) is 32.2 Å². The maximum atomic E-state index is 13.0. The van der Waals surface area contributed by atoms with Gasteiger partial charge in [-0.25, -0.2) is 4.98 Å². The maximum Gasteiger partial charge on any atom is 0.416 e. The molecule has 2 N–H and O–H groups in total. The van der Waals surface area contributed by atoms with Crippen LogP contribution in [0.5, 0.6) is 0 Å². The van der Waals surface area contributed by atoms with Crippen molar-refractivity contribution in [2.75, 3.05) is 19.0 Å². The fourth-order valence-electron chi connectivity index (χ4n) is 3.66.